The lowest BCUT2D eigenvalue weighted by atomic mass is 9.93. The van der Waals surface area contributed by atoms with Gasteiger partial charge in [0.05, 0.1) is 13.2 Å². The number of hydrogen-bond donors (Lipinski definition) is 2. The number of ether oxygens (including phenoxy) is 1. The summed E-state index contributed by atoms with van der Waals surface area (Å²) in [5.74, 6) is 6.62. The number of nitrogens with one attached hydrogen (secondary N) is 1. The minimum Gasteiger partial charge on any atom is -0.496 e. The van der Waals surface area contributed by atoms with E-state index < -0.39 is 0 Å². The molecule has 0 saturated carbocycles. The Morgan fingerprint density at radius 3 is 2.33 bits per heavy atom. The summed E-state index contributed by atoms with van der Waals surface area (Å²) in [6.45, 7) is 4.02. The van der Waals surface area contributed by atoms with E-state index in [2.05, 4.69) is 11.5 Å². The van der Waals surface area contributed by atoms with Gasteiger partial charge in [-0.05, 0) is 54.3 Å². The normalized spacial score (nSPS) is 12.3. The Bertz CT molecular complexity index is 659. The van der Waals surface area contributed by atoms with Crippen LogP contribution in [0.3, 0.4) is 0 Å². The van der Waals surface area contributed by atoms with Gasteiger partial charge in [-0.15, -0.1) is 0 Å². The molecule has 2 aromatic rings. The zero-order valence-corrected chi connectivity index (χ0v) is 13.7. The number of nitrogens with two attached hydrogens (primary N) is 1. The molecule has 0 aromatic heterocycles. The van der Waals surface area contributed by atoms with Gasteiger partial charge in [0.1, 0.15) is 5.75 Å². The van der Waals surface area contributed by atoms with Crippen LogP contribution in [0.4, 0.5) is 0 Å². The minimum absolute atomic E-state index is 0.209. The second-order valence-electron chi connectivity index (χ2n) is 4.94. The molecule has 0 bridgehead atoms. The van der Waals surface area contributed by atoms with Crippen LogP contribution < -0.4 is 16.0 Å². The molecule has 3 nitrogen and oxygen atoms in total. The van der Waals surface area contributed by atoms with E-state index in [-0.39, 0.29) is 6.04 Å². The van der Waals surface area contributed by atoms with Crippen LogP contribution in [0.2, 0.25) is 10.0 Å². The van der Waals surface area contributed by atoms with E-state index in [4.69, 9.17) is 33.8 Å². The number of halogens is 2. The van der Waals surface area contributed by atoms with Crippen molar-refractivity contribution in [1.29, 1.82) is 0 Å². The fourth-order valence-electron chi connectivity index (χ4n) is 2.43. The molecule has 0 saturated heterocycles. The smallest absolute Gasteiger partial charge is 0.122 e. The van der Waals surface area contributed by atoms with Crippen LogP contribution in [0.1, 0.15) is 28.3 Å². The fraction of sp³-hybridized carbons (Fsp3) is 0.250. The first-order chi connectivity index (χ1) is 9.97. The molecule has 21 heavy (non-hydrogen) atoms. The SMILES string of the molecule is COc1cc(C)c(C(NN)c2ccc(Cl)cc2Cl)cc1C. The molecule has 1 atom stereocenters. The maximum absolute atomic E-state index is 6.30. The molecule has 5 heteroatoms. The number of rotatable bonds is 4. The van der Waals surface area contributed by atoms with Crippen LogP contribution in [0.15, 0.2) is 30.3 Å². The molecule has 0 fully saturated rings. The van der Waals surface area contributed by atoms with Gasteiger partial charge < -0.3 is 4.74 Å². The second-order valence-corrected chi connectivity index (χ2v) is 5.79. The van der Waals surface area contributed by atoms with Gasteiger partial charge in [0, 0.05) is 10.0 Å². The Morgan fingerprint density at radius 2 is 1.76 bits per heavy atom. The quantitative estimate of drug-likeness (QED) is 0.655. The first kappa shape index (κ1) is 16.1. The number of hydrazine groups is 1. The van der Waals surface area contributed by atoms with E-state index >= 15 is 0 Å². The highest BCUT2D eigenvalue weighted by Gasteiger charge is 2.19. The Morgan fingerprint density at radius 1 is 1.05 bits per heavy atom. The van der Waals surface area contributed by atoms with Gasteiger partial charge in [0.15, 0.2) is 0 Å². The molecule has 0 spiro atoms. The Hall–Kier alpha value is -1.26. The summed E-state index contributed by atoms with van der Waals surface area (Å²) in [7, 11) is 1.66. The van der Waals surface area contributed by atoms with Gasteiger partial charge in [-0.3, -0.25) is 5.84 Å². The summed E-state index contributed by atoms with van der Waals surface area (Å²) in [6, 6.07) is 9.25. The van der Waals surface area contributed by atoms with Crippen molar-refractivity contribution in [1.82, 2.24) is 5.43 Å². The minimum atomic E-state index is -0.209. The summed E-state index contributed by atoms with van der Waals surface area (Å²) in [5.41, 5.74) is 6.89. The molecule has 1 unspecified atom stereocenters. The number of hydrogen-bond acceptors (Lipinski definition) is 3. The summed E-state index contributed by atoms with van der Waals surface area (Å²) in [4.78, 5) is 0. The molecule has 0 aliphatic heterocycles. The first-order valence-electron chi connectivity index (χ1n) is 6.54. The van der Waals surface area contributed by atoms with Gasteiger partial charge in [-0.1, -0.05) is 35.3 Å². The summed E-state index contributed by atoms with van der Waals surface area (Å²) in [5, 5.41) is 1.18. The third kappa shape index (κ3) is 3.33. The molecular weight excluding hydrogens is 307 g/mol. The molecule has 3 N–H and O–H groups in total. The zero-order chi connectivity index (χ0) is 15.6. The van der Waals surface area contributed by atoms with Crippen molar-refractivity contribution in [2.45, 2.75) is 19.9 Å². The Balaban J connectivity index is 2.53. The van der Waals surface area contributed by atoms with Crippen molar-refractivity contribution < 1.29 is 4.74 Å². The third-order valence-electron chi connectivity index (χ3n) is 3.53. The molecule has 0 aliphatic rings. The maximum atomic E-state index is 6.30. The summed E-state index contributed by atoms with van der Waals surface area (Å²) < 4.78 is 5.34. The maximum Gasteiger partial charge on any atom is 0.122 e. The summed E-state index contributed by atoms with van der Waals surface area (Å²) >= 11 is 12.3. The van der Waals surface area contributed by atoms with Gasteiger partial charge in [-0.25, -0.2) is 5.43 Å². The Labute approximate surface area is 135 Å². The standard InChI is InChI=1S/C16H18Cl2N2O/c1-9-7-15(21-3)10(2)6-13(9)16(20-19)12-5-4-11(17)8-14(12)18/h4-8,16,20H,19H2,1-3H3. The largest absolute Gasteiger partial charge is 0.496 e. The van der Waals surface area contributed by atoms with E-state index in [1.165, 1.54) is 0 Å². The van der Waals surface area contributed by atoms with Crippen molar-refractivity contribution in [3.63, 3.8) is 0 Å². The van der Waals surface area contributed by atoms with Crippen molar-refractivity contribution in [3.05, 3.63) is 62.6 Å². The molecule has 112 valence electrons. The molecule has 0 aliphatic carbocycles. The number of benzene rings is 2. The third-order valence-corrected chi connectivity index (χ3v) is 4.10. The second kappa shape index (κ2) is 6.67. The lowest BCUT2D eigenvalue weighted by molar-refractivity contribution is 0.411. The lowest BCUT2D eigenvalue weighted by Crippen LogP contribution is -2.29. The molecule has 2 aromatic carbocycles. The van der Waals surface area contributed by atoms with Crippen LogP contribution in [0, 0.1) is 13.8 Å². The van der Waals surface area contributed by atoms with Gasteiger partial charge in [0.2, 0.25) is 0 Å². The van der Waals surface area contributed by atoms with Crippen LogP contribution in [0.25, 0.3) is 0 Å². The highest BCUT2D eigenvalue weighted by molar-refractivity contribution is 6.35. The van der Waals surface area contributed by atoms with Crippen molar-refractivity contribution in [2.75, 3.05) is 7.11 Å². The van der Waals surface area contributed by atoms with Crippen molar-refractivity contribution in [3.8, 4) is 5.75 Å². The van der Waals surface area contributed by atoms with Gasteiger partial charge in [-0.2, -0.15) is 0 Å². The molecule has 0 heterocycles. The highest BCUT2D eigenvalue weighted by atomic mass is 35.5. The monoisotopic (exact) mass is 324 g/mol. The van der Waals surface area contributed by atoms with Crippen molar-refractivity contribution in [2.24, 2.45) is 5.84 Å². The van der Waals surface area contributed by atoms with Gasteiger partial charge >= 0.3 is 0 Å². The first-order valence-corrected chi connectivity index (χ1v) is 7.29. The van der Waals surface area contributed by atoms with Crippen LogP contribution >= 0.6 is 23.2 Å². The van der Waals surface area contributed by atoms with Gasteiger partial charge in [0.25, 0.3) is 0 Å². The molecular formula is C16H18Cl2N2O. The fourth-order valence-corrected chi connectivity index (χ4v) is 2.94. The molecule has 0 amide bonds. The van der Waals surface area contributed by atoms with E-state index in [1.54, 1.807) is 19.2 Å². The zero-order valence-electron chi connectivity index (χ0n) is 12.2. The highest BCUT2D eigenvalue weighted by Crippen LogP contribution is 2.34. The molecule has 0 radical (unpaired) electrons. The number of aryl methyl sites for hydroxylation is 2. The van der Waals surface area contributed by atoms with E-state index in [0.717, 1.165) is 28.0 Å². The average Bonchev–Trinajstić information content (AvgIpc) is 2.45. The van der Waals surface area contributed by atoms with Crippen LogP contribution in [-0.2, 0) is 0 Å². The predicted molar refractivity (Wildman–Crippen MR) is 88.1 cm³/mol. The molecule has 2 rings (SSSR count). The van der Waals surface area contributed by atoms with E-state index in [9.17, 15) is 0 Å². The Kier molecular flexibility index (Phi) is 5.12. The van der Waals surface area contributed by atoms with Crippen LogP contribution in [-0.4, -0.2) is 7.11 Å². The topological polar surface area (TPSA) is 47.3 Å². The van der Waals surface area contributed by atoms with Crippen LogP contribution in [0.5, 0.6) is 5.75 Å². The van der Waals surface area contributed by atoms with E-state index in [0.29, 0.717) is 10.0 Å². The average molecular weight is 325 g/mol. The van der Waals surface area contributed by atoms with E-state index in [1.807, 2.05) is 26.0 Å². The predicted octanol–water partition coefficient (Wildman–Crippen LogP) is 4.17. The van der Waals surface area contributed by atoms with Crippen molar-refractivity contribution >= 4 is 23.2 Å². The summed E-state index contributed by atoms with van der Waals surface area (Å²) in [6.07, 6.45) is 0. The lowest BCUT2D eigenvalue weighted by Gasteiger charge is -2.22. The number of methoxy groups -OCH3 is 1.